The maximum absolute atomic E-state index is 14.1. The number of aryl methyl sites for hydroxylation is 2. The first-order valence-corrected chi connectivity index (χ1v) is 14.4. The van der Waals surface area contributed by atoms with Gasteiger partial charge in [-0.05, 0) is 70.7 Å². The number of carbonyl (C=O) groups excluding carboxylic acids is 3. The third-order valence-corrected chi connectivity index (χ3v) is 7.70. The molecule has 1 aromatic heterocycles. The zero-order valence-corrected chi connectivity index (χ0v) is 25.2. The van der Waals surface area contributed by atoms with Crippen LogP contribution in [0.15, 0.2) is 42.5 Å². The molecule has 2 aliphatic heterocycles. The molecule has 0 bridgehead atoms. The van der Waals surface area contributed by atoms with Gasteiger partial charge < -0.3 is 29.2 Å². The number of benzene rings is 2. The summed E-state index contributed by atoms with van der Waals surface area (Å²) in [5.74, 6) is 0.0720. The predicted octanol–water partition coefficient (Wildman–Crippen LogP) is 4.99. The number of imidazole rings is 1. The number of anilines is 2. The van der Waals surface area contributed by atoms with E-state index < -0.39 is 11.7 Å². The molecule has 0 unspecified atom stereocenters. The SMILES string of the molecule is Cc1ccccc1Cn1c(N2CCC[C@@H](NC(=O)OC(C)(C)C)C2)nc(C)c1C(=O)N(C)c1ccc2c(c1)C(=O)OC2. The van der Waals surface area contributed by atoms with Crippen molar-refractivity contribution < 1.29 is 23.9 Å². The van der Waals surface area contributed by atoms with Crippen molar-refractivity contribution in [3.8, 4) is 0 Å². The second-order valence-corrected chi connectivity index (χ2v) is 12.1. The minimum absolute atomic E-state index is 0.120. The number of fused-ring (bicyclic) bond motifs is 1. The molecule has 1 saturated heterocycles. The fourth-order valence-corrected chi connectivity index (χ4v) is 5.51. The summed E-state index contributed by atoms with van der Waals surface area (Å²) in [6.07, 6.45) is 1.23. The lowest BCUT2D eigenvalue weighted by molar-refractivity contribution is 0.0497. The zero-order valence-electron chi connectivity index (χ0n) is 25.2. The molecule has 1 fully saturated rings. The molecule has 0 radical (unpaired) electrons. The summed E-state index contributed by atoms with van der Waals surface area (Å²) in [5.41, 5.74) is 4.58. The molecule has 10 nitrogen and oxygen atoms in total. The number of carbonyl (C=O) groups is 3. The number of esters is 1. The molecule has 3 aromatic rings. The second kappa shape index (κ2) is 11.5. The number of amides is 2. The van der Waals surface area contributed by atoms with Crippen molar-refractivity contribution in [3.05, 3.63) is 76.1 Å². The smallest absolute Gasteiger partial charge is 0.407 e. The Morgan fingerprint density at radius 1 is 1.17 bits per heavy atom. The third-order valence-electron chi connectivity index (χ3n) is 7.70. The average Bonchev–Trinajstić information content (AvgIpc) is 3.46. The lowest BCUT2D eigenvalue weighted by Crippen LogP contribution is -2.49. The number of nitrogens with zero attached hydrogens (tertiary/aromatic N) is 4. The highest BCUT2D eigenvalue weighted by atomic mass is 16.6. The molecule has 0 saturated carbocycles. The number of rotatable bonds is 6. The van der Waals surface area contributed by atoms with Crippen LogP contribution in [0, 0.1) is 13.8 Å². The summed E-state index contributed by atoms with van der Waals surface area (Å²) >= 11 is 0. The fraction of sp³-hybridized carbons (Fsp3) is 0.438. The van der Waals surface area contributed by atoms with Crippen LogP contribution in [0.4, 0.5) is 16.4 Å². The minimum Gasteiger partial charge on any atom is -0.457 e. The second-order valence-electron chi connectivity index (χ2n) is 12.1. The van der Waals surface area contributed by atoms with Gasteiger partial charge in [0.05, 0.1) is 17.8 Å². The third kappa shape index (κ3) is 6.12. The highest BCUT2D eigenvalue weighted by Crippen LogP contribution is 2.29. The van der Waals surface area contributed by atoms with Crippen molar-refractivity contribution in [3.63, 3.8) is 0 Å². The van der Waals surface area contributed by atoms with Crippen LogP contribution in [-0.2, 0) is 22.6 Å². The monoisotopic (exact) mass is 573 g/mol. The molecule has 5 rings (SSSR count). The van der Waals surface area contributed by atoms with Gasteiger partial charge >= 0.3 is 12.1 Å². The number of hydrogen-bond donors (Lipinski definition) is 1. The van der Waals surface area contributed by atoms with E-state index in [2.05, 4.69) is 29.3 Å². The fourth-order valence-electron chi connectivity index (χ4n) is 5.51. The number of aromatic nitrogens is 2. The first-order chi connectivity index (χ1) is 19.9. The molecule has 10 heteroatoms. The van der Waals surface area contributed by atoms with Crippen LogP contribution in [0.5, 0.6) is 0 Å². The lowest BCUT2D eigenvalue weighted by Gasteiger charge is -2.34. The molecule has 0 spiro atoms. The van der Waals surface area contributed by atoms with Crippen molar-refractivity contribution in [2.24, 2.45) is 0 Å². The molecule has 2 aromatic carbocycles. The maximum Gasteiger partial charge on any atom is 0.407 e. The molecule has 1 atom stereocenters. The number of alkyl carbamates (subject to hydrolysis) is 1. The van der Waals surface area contributed by atoms with Crippen LogP contribution in [0.2, 0.25) is 0 Å². The molecular weight excluding hydrogens is 534 g/mol. The Balaban J connectivity index is 1.48. The van der Waals surface area contributed by atoms with Crippen molar-refractivity contribution in [1.82, 2.24) is 14.9 Å². The Labute approximate surface area is 246 Å². The van der Waals surface area contributed by atoms with Crippen LogP contribution in [0.1, 0.15) is 76.8 Å². The average molecular weight is 574 g/mol. The highest BCUT2D eigenvalue weighted by molar-refractivity contribution is 6.06. The summed E-state index contributed by atoms with van der Waals surface area (Å²) in [6, 6.07) is 13.3. The molecule has 42 heavy (non-hydrogen) atoms. The van der Waals surface area contributed by atoms with Crippen molar-refractivity contribution in [2.45, 2.75) is 72.3 Å². The number of piperidine rings is 1. The molecule has 2 amide bonds. The highest BCUT2D eigenvalue weighted by Gasteiger charge is 2.31. The van der Waals surface area contributed by atoms with Crippen LogP contribution in [0.25, 0.3) is 0 Å². The van der Waals surface area contributed by atoms with E-state index in [0.717, 1.165) is 36.1 Å². The van der Waals surface area contributed by atoms with E-state index in [1.54, 1.807) is 18.0 Å². The van der Waals surface area contributed by atoms with Gasteiger partial charge in [-0.2, -0.15) is 0 Å². The largest absolute Gasteiger partial charge is 0.457 e. The summed E-state index contributed by atoms with van der Waals surface area (Å²) in [7, 11) is 1.70. The Morgan fingerprint density at radius 2 is 1.93 bits per heavy atom. The van der Waals surface area contributed by atoms with Crippen LogP contribution in [-0.4, -0.2) is 59.3 Å². The van der Waals surface area contributed by atoms with Crippen molar-refractivity contribution >= 4 is 29.6 Å². The van der Waals surface area contributed by atoms with Gasteiger partial charge in [-0.3, -0.25) is 4.79 Å². The maximum atomic E-state index is 14.1. The van der Waals surface area contributed by atoms with Gasteiger partial charge in [0.1, 0.15) is 17.9 Å². The van der Waals surface area contributed by atoms with Gasteiger partial charge in [0.15, 0.2) is 0 Å². The van der Waals surface area contributed by atoms with E-state index in [4.69, 9.17) is 14.5 Å². The summed E-state index contributed by atoms with van der Waals surface area (Å²) in [4.78, 5) is 47.4. The predicted molar refractivity (Wildman–Crippen MR) is 160 cm³/mol. The van der Waals surface area contributed by atoms with E-state index in [9.17, 15) is 14.4 Å². The number of hydrogen-bond acceptors (Lipinski definition) is 7. The van der Waals surface area contributed by atoms with Gasteiger partial charge in [-0.15, -0.1) is 0 Å². The summed E-state index contributed by atoms with van der Waals surface area (Å²) in [5, 5.41) is 3.01. The van der Waals surface area contributed by atoms with E-state index >= 15 is 0 Å². The van der Waals surface area contributed by atoms with Crippen molar-refractivity contribution in [1.29, 1.82) is 0 Å². The Kier molecular flexibility index (Phi) is 7.99. The first kappa shape index (κ1) is 29.2. The topological polar surface area (TPSA) is 106 Å². The molecule has 0 aliphatic carbocycles. The lowest BCUT2D eigenvalue weighted by atomic mass is 10.1. The van der Waals surface area contributed by atoms with E-state index in [1.165, 1.54) is 0 Å². The van der Waals surface area contributed by atoms with Crippen LogP contribution in [0.3, 0.4) is 0 Å². The van der Waals surface area contributed by atoms with Crippen LogP contribution < -0.4 is 15.1 Å². The Bertz CT molecular complexity index is 1520. The standard InChI is InChI=1S/C32H39N5O5/c1-20-10-7-8-11-22(20)17-37-27(28(38)35(6)25-14-13-23-19-41-29(39)26(23)16-25)21(2)33-30(37)36-15-9-12-24(18-36)34-31(40)42-32(3,4)5/h7-8,10-11,13-14,16,24H,9,12,15,17-19H2,1-6H3,(H,34,40)/t24-/m1/s1. The normalized spacial score (nSPS) is 16.6. The van der Waals surface area contributed by atoms with Gasteiger partial charge in [-0.1, -0.05) is 30.3 Å². The van der Waals surface area contributed by atoms with E-state index in [-0.39, 0.29) is 24.5 Å². The molecule has 222 valence electrons. The number of nitrogens with one attached hydrogen (secondary N) is 1. The molecular formula is C32H39N5O5. The summed E-state index contributed by atoms with van der Waals surface area (Å²) in [6.45, 7) is 11.4. The van der Waals surface area contributed by atoms with Crippen molar-refractivity contribution in [2.75, 3.05) is 29.9 Å². The minimum atomic E-state index is -0.584. The van der Waals surface area contributed by atoms with Crippen LogP contribution >= 0.6 is 0 Å². The summed E-state index contributed by atoms with van der Waals surface area (Å²) < 4.78 is 12.6. The first-order valence-electron chi connectivity index (χ1n) is 14.4. The Hall–Kier alpha value is -4.34. The Morgan fingerprint density at radius 3 is 2.67 bits per heavy atom. The molecule has 3 heterocycles. The number of ether oxygens (including phenoxy) is 2. The van der Waals surface area contributed by atoms with Gasteiger partial charge in [0, 0.05) is 37.4 Å². The quantitative estimate of drug-likeness (QED) is 0.414. The van der Waals surface area contributed by atoms with Gasteiger partial charge in [0.25, 0.3) is 5.91 Å². The van der Waals surface area contributed by atoms with Gasteiger partial charge in [-0.25, -0.2) is 14.6 Å². The number of cyclic esters (lactones) is 1. The zero-order chi connectivity index (χ0) is 30.2. The van der Waals surface area contributed by atoms with E-state index in [0.29, 0.717) is 41.7 Å². The molecule has 2 aliphatic rings. The molecule has 1 N–H and O–H groups in total. The van der Waals surface area contributed by atoms with E-state index in [1.807, 2.05) is 56.5 Å². The van der Waals surface area contributed by atoms with Gasteiger partial charge in [0.2, 0.25) is 5.95 Å².